The Morgan fingerprint density at radius 2 is 2.04 bits per heavy atom. The molecule has 0 aliphatic heterocycles. The second-order valence-electron chi connectivity index (χ2n) is 6.88. The van der Waals surface area contributed by atoms with Crippen LogP contribution in [0.15, 0.2) is 48.8 Å². The smallest absolute Gasteiger partial charge is 0.255 e. The highest BCUT2D eigenvalue weighted by Gasteiger charge is 2.13. The van der Waals surface area contributed by atoms with E-state index in [0.717, 1.165) is 23.3 Å². The first-order chi connectivity index (χ1) is 12.5. The van der Waals surface area contributed by atoms with E-state index in [0.29, 0.717) is 30.4 Å². The molecule has 0 unspecified atom stereocenters. The van der Waals surface area contributed by atoms with E-state index in [1.807, 2.05) is 54.0 Å². The van der Waals surface area contributed by atoms with Crippen LogP contribution in [0.3, 0.4) is 0 Å². The van der Waals surface area contributed by atoms with Gasteiger partial charge < -0.3 is 14.5 Å². The molecule has 136 valence electrons. The highest BCUT2D eigenvalue weighted by molar-refractivity contribution is 5.96. The minimum Gasteiger partial charge on any atom is -0.486 e. The molecular weight excluding hydrogens is 326 g/mol. The molecule has 0 spiro atoms. The Labute approximate surface area is 154 Å². The quantitative estimate of drug-likeness (QED) is 0.700. The lowest BCUT2D eigenvalue weighted by Gasteiger charge is -2.11. The van der Waals surface area contributed by atoms with Crippen LogP contribution >= 0.6 is 0 Å². The molecule has 0 aliphatic rings. The van der Waals surface area contributed by atoms with Gasteiger partial charge in [-0.1, -0.05) is 32.0 Å². The van der Waals surface area contributed by atoms with Crippen LogP contribution in [-0.4, -0.2) is 21.8 Å². The van der Waals surface area contributed by atoms with E-state index in [-0.39, 0.29) is 5.91 Å². The van der Waals surface area contributed by atoms with E-state index in [2.05, 4.69) is 24.1 Å². The standard InChI is InChI=1S/C21H25N3O2/c1-15(2)10-11-22-21(25)18-8-4-5-9-19(18)26-14-17-13-24-12-6-7-16(3)20(24)23-17/h4-9,12-13,15H,10-11,14H2,1-3H3,(H,22,25). The minimum atomic E-state index is -0.105. The van der Waals surface area contributed by atoms with Gasteiger partial charge >= 0.3 is 0 Å². The summed E-state index contributed by atoms with van der Waals surface area (Å²) in [6, 6.07) is 11.3. The van der Waals surface area contributed by atoms with Crippen molar-refractivity contribution in [3.8, 4) is 5.75 Å². The molecule has 0 fully saturated rings. The van der Waals surface area contributed by atoms with Crippen molar-refractivity contribution in [2.45, 2.75) is 33.8 Å². The molecule has 5 nitrogen and oxygen atoms in total. The summed E-state index contributed by atoms with van der Waals surface area (Å²) in [7, 11) is 0. The predicted molar refractivity (Wildman–Crippen MR) is 102 cm³/mol. The SMILES string of the molecule is Cc1cccn2cc(COc3ccccc3C(=O)NCCC(C)C)nc12. The van der Waals surface area contributed by atoms with Crippen molar-refractivity contribution >= 4 is 11.6 Å². The second-order valence-corrected chi connectivity index (χ2v) is 6.88. The maximum Gasteiger partial charge on any atom is 0.255 e. The zero-order valence-corrected chi connectivity index (χ0v) is 15.5. The predicted octanol–water partition coefficient (Wildman–Crippen LogP) is 4.00. The van der Waals surface area contributed by atoms with Gasteiger partial charge in [0, 0.05) is 18.9 Å². The number of para-hydroxylation sites is 1. The summed E-state index contributed by atoms with van der Waals surface area (Å²) in [6.07, 6.45) is 4.87. The molecule has 0 bridgehead atoms. The van der Waals surface area contributed by atoms with Crippen LogP contribution in [0.5, 0.6) is 5.75 Å². The Balaban J connectivity index is 1.69. The molecule has 0 aliphatic carbocycles. The number of aryl methyl sites for hydroxylation is 1. The molecule has 1 aromatic carbocycles. The molecule has 0 saturated heterocycles. The van der Waals surface area contributed by atoms with Crippen molar-refractivity contribution in [2.75, 3.05) is 6.54 Å². The van der Waals surface area contributed by atoms with Gasteiger partial charge in [-0.05, 0) is 43.0 Å². The van der Waals surface area contributed by atoms with Gasteiger partial charge in [0.1, 0.15) is 18.0 Å². The van der Waals surface area contributed by atoms with Gasteiger partial charge in [0.25, 0.3) is 5.91 Å². The van der Waals surface area contributed by atoms with Gasteiger partial charge in [-0.25, -0.2) is 4.98 Å². The van der Waals surface area contributed by atoms with Crippen molar-refractivity contribution < 1.29 is 9.53 Å². The number of nitrogens with one attached hydrogen (secondary N) is 1. The molecule has 5 heteroatoms. The Kier molecular flexibility index (Phi) is 5.56. The third-order valence-electron chi connectivity index (χ3n) is 4.24. The van der Waals surface area contributed by atoms with E-state index in [9.17, 15) is 4.79 Å². The molecule has 1 N–H and O–H groups in total. The number of hydrogen-bond donors (Lipinski definition) is 1. The summed E-state index contributed by atoms with van der Waals surface area (Å²) in [5.41, 5.74) is 3.42. The lowest BCUT2D eigenvalue weighted by molar-refractivity contribution is 0.0947. The topological polar surface area (TPSA) is 55.6 Å². The third kappa shape index (κ3) is 4.23. The largest absolute Gasteiger partial charge is 0.486 e. The zero-order valence-electron chi connectivity index (χ0n) is 15.5. The molecule has 2 heterocycles. The monoisotopic (exact) mass is 351 g/mol. The average molecular weight is 351 g/mol. The van der Waals surface area contributed by atoms with E-state index < -0.39 is 0 Å². The summed E-state index contributed by atoms with van der Waals surface area (Å²) in [6.45, 7) is 7.29. The Bertz CT molecular complexity index is 899. The summed E-state index contributed by atoms with van der Waals surface area (Å²) in [5, 5.41) is 2.96. The Morgan fingerprint density at radius 3 is 2.81 bits per heavy atom. The lowest BCUT2D eigenvalue weighted by Crippen LogP contribution is -2.25. The van der Waals surface area contributed by atoms with Gasteiger partial charge in [-0.3, -0.25) is 4.79 Å². The highest BCUT2D eigenvalue weighted by Crippen LogP contribution is 2.20. The number of pyridine rings is 1. The van der Waals surface area contributed by atoms with E-state index >= 15 is 0 Å². The summed E-state index contributed by atoms with van der Waals surface area (Å²) in [5.74, 6) is 1.02. The van der Waals surface area contributed by atoms with Crippen molar-refractivity contribution in [1.82, 2.24) is 14.7 Å². The fraction of sp³-hybridized carbons (Fsp3) is 0.333. The van der Waals surface area contributed by atoms with Crippen LogP contribution in [0.2, 0.25) is 0 Å². The number of rotatable bonds is 7. The Hall–Kier alpha value is -2.82. The molecule has 0 saturated carbocycles. The first-order valence-electron chi connectivity index (χ1n) is 8.98. The molecule has 1 amide bonds. The zero-order chi connectivity index (χ0) is 18.5. The number of fused-ring (bicyclic) bond motifs is 1. The second kappa shape index (κ2) is 8.04. The minimum absolute atomic E-state index is 0.105. The number of ether oxygens (including phenoxy) is 1. The number of benzene rings is 1. The van der Waals surface area contributed by atoms with E-state index in [1.165, 1.54) is 0 Å². The van der Waals surface area contributed by atoms with Gasteiger partial charge in [0.15, 0.2) is 0 Å². The van der Waals surface area contributed by atoms with Gasteiger partial charge in [0.2, 0.25) is 0 Å². The first kappa shape index (κ1) is 18.0. The summed E-state index contributed by atoms with van der Waals surface area (Å²) >= 11 is 0. The van der Waals surface area contributed by atoms with Crippen LogP contribution in [0.25, 0.3) is 5.65 Å². The lowest BCUT2D eigenvalue weighted by atomic mass is 10.1. The molecule has 26 heavy (non-hydrogen) atoms. The fourth-order valence-electron chi connectivity index (χ4n) is 2.78. The number of carbonyl (C=O) groups is 1. The van der Waals surface area contributed by atoms with Crippen LogP contribution in [0.4, 0.5) is 0 Å². The molecule has 0 radical (unpaired) electrons. The highest BCUT2D eigenvalue weighted by atomic mass is 16.5. The number of amides is 1. The maximum absolute atomic E-state index is 12.4. The van der Waals surface area contributed by atoms with Crippen molar-refractivity contribution in [3.63, 3.8) is 0 Å². The first-order valence-corrected chi connectivity index (χ1v) is 8.98. The number of aromatic nitrogens is 2. The molecule has 0 atom stereocenters. The number of imidazole rings is 1. The van der Waals surface area contributed by atoms with Gasteiger partial charge in [-0.15, -0.1) is 0 Å². The summed E-state index contributed by atoms with van der Waals surface area (Å²) in [4.78, 5) is 17.0. The molecule has 3 aromatic rings. The van der Waals surface area contributed by atoms with Crippen molar-refractivity contribution in [2.24, 2.45) is 5.92 Å². The van der Waals surface area contributed by atoms with E-state index in [1.54, 1.807) is 6.07 Å². The van der Waals surface area contributed by atoms with Crippen molar-refractivity contribution in [1.29, 1.82) is 0 Å². The summed E-state index contributed by atoms with van der Waals surface area (Å²) < 4.78 is 7.89. The number of nitrogens with zero attached hydrogens (tertiary/aromatic N) is 2. The third-order valence-corrected chi connectivity index (χ3v) is 4.24. The number of hydrogen-bond acceptors (Lipinski definition) is 3. The van der Waals surface area contributed by atoms with Crippen LogP contribution < -0.4 is 10.1 Å². The maximum atomic E-state index is 12.4. The Morgan fingerprint density at radius 1 is 1.23 bits per heavy atom. The van der Waals surface area contributed by atoms with Crippen molar-refractivity contribution in [3.05, 3.63) is 65.6 Å². The van der Waals surface area contributed by atoms with Crippen LogP contribution in [-0.2, 0) is 6.61 Å². The molecule has 2 aromatic heterocycles. The number of carbonyl (C=O) groups excluding carboxylic acids is 1. The fourth-order valence-corrected chi connectivity index (χ4v) is 2.78. The average Bonchev–Trinajstić information content (AvgIpc) is 3.04. The molecule has 3 rings (SSSR count). The van der Waals surface area contributed by atoms with E-state index in [4.69, 9.17) is 4.74 Å². The van der Waals surface area contributed by atoms with Gasteiger partial charge in [-0.2, -0.15) is 0 Å². The normalized spacial score (nSPS) is 11.1. The molecular formula is C21H25N3O2. The van der Waals surface area contributed by atoms with Gasteiger partial charge in [0.05, 0.1) is 11.3 Å². The van der Waals surface area contributed by atoms with Crippen LogP contribution in [0.1, 0.15) is 41.9 Å². The van der Waals surface area contributed by atoms with Crippen LogP contribution in [0, 0.1) is 12.8 Å².